The summed E-state index contributed by atoms with van der Waals surface area (Å²) >= 11 is 0. The molecule has 18 heavy (non-hydrogen) atoms. The Kier molecular flexibility index (Phi) is 8.51. The van der Waals surface area contributed by atoms with E-state index in [0.717, 1.165) is 24.5 Å². The molecule has 0 rings (SSSR count). The van der Waals surface area contributed by atoms with Gasteiger partial charge in [0.15, 0.2) is 0 Å². The Labute approximate surface area is 113 Å². The van der Waals surface area contributed by atoms with Gasteiger partial charge in [0, 0.05) is 19.1 Å². The molecule has 0 aliphatic carbocycles. The average molecular weight is 254 g/mol. The molecule has 0 spiro atoms. The van der Waals surface area contributed by atoms with Gasteiger partial charge >= 0.3 is 6.03 Å². The van der Waals surface area contributed by atoms with E-state index in [1.54, 1.807) is 4.90 Å². The number of nitrogens with zero attached hydrogens (tertiary/aromatic N) is 1. The highest BCUT2D eigenvalue weighted by atomic mass is 16.2. The van der Waals surface area contributed by atoms with E-state index in [9.17, 15) is 4.79 Å². The van der Waals surface area contributed by atoms with Gasteiger partial charge in [-0.2, -0.15) is 0 Å². The Hall–Kier alpha value is -0.990. The van der Waals surface area contributed by atoms with Crippen LogP contribution in [0.15, 0.2) is 12.2 Å². The molecule has 1 N–H and O–H groups in total. The van der Waals surface area contributed by atoms with Gasteiger partial charge < -0.3 is 10.2 Å². The van der Waals surface area contributed by atoms with E-state index in [0.29, 0.717) is 6.54 Å². The van der Waals surface area contributed by atoms with Crippen molar-refractivity contribution < 1.29 is 4.79 Å². The highest BCUT2D eigenvalue weighted by Crippen LogP contribution is 2.08. The molecular formula is C15H30N2O. The molecule has 0 aliphatic heterocycles. The molecule has 0 aliphatic rings. The quantitative estimate of drug-likeness (QED) is 0.656. The Morgan fingerprint density at radius 1 is 1.28 bits per heavy atom. The Morgan fingerprint density at radius 2 is 1.89 bits per heavy atom. The third kappa shape index (κ3) is 8.15. The number of likely N-dealkylation sites (N-methyl/N-ethyl adjacent to an activating group) is 1. The van der Waals surface area contributed by atoms with E-state index >= 15 is 0 Å². The van der Waals surface area contributed by atoms with Gasteiger partial charge in [0.1, 0.15) is 0 Å². The van der Waals surface area contributed by atoms with Crippen molar-refractivity contribution in [2.24, 2.45) is 5.92 Å². The molecule has 0 aromatic rings. The molecular weight excluding hydrogens is 224 g/mol. The van der Waals surface area contributed by atoms with E-state index in [2.05, 4.69) is 32.7 Å². The van der Waals surface area contributed by atoms with Crippen LogP contribution < -0.4 is 5.32 Å². The molecule has 106 valence electrons. The summed E-state index contributed by atoms with van der Waals surface area (Å²) in [5.74, 6) is 0.739. The van der Waals surface area contributed by atoms with Crippen LogP contribution in [0, 0.1) is 5.92 Å². The molecule has 1 unspecified atom stereocenters. The minimum atomic E-state index is 0.0255. The van der Waals surface area contributed by atoms with Gasteiger partial charge in [-0.1, -0.05) is 38.8 Å². The van der Waals surface area contributed by atoms with Crippen molar-refractivity contribution in [2.75, 3.05) is 13.1 Å². The second kappa shape index (κ2) is 9.01. The lowest BCUT2D eigenvalue weighted by molar-refractivity contribution is 0.200. The molecule has 3 nitrogen and oxygen atoms in total. The lowest BCUT2D eigenvalue weighted by Gasteiger charge is -2.24. The Bertz CT molecular complexity index is 261. The van der Waals surface area contributed by atoms with Crippen LogP contribution in [-0.4, -0.2) is 30.1 Å². The molecule has 0 saturated carbocycles. The van der Waals surface area contributed by atoms with Gasteiger partial charge in [0.25, 0.3) is 0 Å². The van der Waals surface area contributed by atoms with Crippen LogP contribution in [0.2, 0.25) is 0 Å². The topological polar surface area (TPSA) is 32.3 Å². The standard InChI is InChI=1S/C15H30N2O/c1-7-17(11-13(4)5)15(18)16-14(6)10-8-9-12(2)3/h12,14H,4,7-11H2,1-3,5-6H3,(H,16,18). The number of amides is 2. The van der Waals surface area contributed by atoms with Gasteiger partial charge in [0.2, 0.25) is 0 Å². The lowest BCUT2D eigenvalue weighted by Crippen LogP contribution is -2.44. The molecule has 0 bridgehead atoms. The van der Waals surface area contributed by atoms with Crippen LogP contribution in [0.1, 0.15) is 53.9 Å². The van der Waals surface area contributed by atoms with Crippen molar-refractivity contribution >= 4 is 6.03 Å². The third-order valence-corrected chi connectivity index (χ3v) is 2.92. The fourth-order valence-electron chi connectivity index (χ4n) is 1.86. The number of hydrogen-bond donors (Lipinski definition) is 1. The largest absolute Gasteiger partial charge is 0.336 e. The minimum Gasteiger partial charge on any atom is -0.336 e. The number of nitrogens with one attached hydrogen (secondary N) is 1. The summed E-state index contributed by atoms with van der Waals surface area (Å²) in [7, 11) is 0. The zero-order valence-corrected chi connectivity index (χ0v) is 12.8. The molecule has 0 aromatic carbocycles. The van der Waals surface area contributed by atoms with Crippen molar-refractivity contribution in [3.8, 4) is 0 Å². The van der Waals surface area contributed by atoms with Crippen LogP contribution in [0.4, 0.5) is 4.79 Å². The van der Waals surface area contributed by atoms with Gasteiger partial charge in [-0.25, -0.2) is 4.79 Å². The van der Waals surface area contributed by atoms with Gasteiger partial charge in [-0.05, 0) is 33.1 Å². The molecule has 0 fully saturated rings. The monoisotopic (exact) mass is 254 g/mol. The van der Waals surface area contributed by atoms with E-state index in [4.69, 9.17) is 0 Å². The predicted octanol–water partition coefficient (Wildman–Crippen LogP) is 3.81. The summed E-state index contributed by atoms with van der Waals surface area (Å²) in [4.78, 5) is 13.8. The van der Waals surface area contributed by atoms with Crippen molar-refractivity contribution in [1.29, 1.82) is 0 Å². The van der Waals surface area contributed by atoms with Crippen molar-refractivity contribution in [2.45, 2.75) is 59.9 Å². The lowest BCUT2D eigenvalue weighted by atomic mass is 10.0. The fourth-order valence-corrected chi connectivity index (χ4v) is 1.86. The second-order valence-electron chi connectivity index (χ2n) is 5.65. The number of urea groups is 1. The summed E-state index contributed by atoms with van der Waals surface area (Å²) in [6.45, 7) is 15.7. The summed E-state index contributed by atoms with van der Waals surface area (Å²) < 4.78 is 0. The maximum absolute atomic E-state index is 12.0. The van der Waals surface area contributed by atoms with Crippen molar-refractivity contribution in [3.63, 3.8) is 0 Å². The summed E-state index contributed by atoms with van der Waals surface area (Å²) in [6, 6.07) is 0.271. The molecule has 2 amide bonds. The summed E-state index contributed by atoms with van der Waals surface area (Å²) in [5, 5.41) is 3.06. The molecule has 0 radical (unpaired) electrons. The highest BCUT2D eigenvalue weighted by Gasteiger charge is 2.13. The summed E-state index contributed by atoms with van der Waals surface area (Å²) in [5.41, 5.74) is 1.01. The van der Waals surface area contributed by atoms with Crippen LogP contribution in [-0.2, 0) is 0 Å². The maximum atomic E-state index is 12.0. The number of carbonyl (C=O) groups excluding carboxylic acids is 1. The van der Waals surface area contributed by atoms with Crippen LogP contribution in [0.5, 0.6) is 0 Å². The van der Waals surface area contributed by atoms with Gasteiger partial charge in [-0.3, -0.25) is 0 Å². The molecule has 3 heteroatoms. The fraction of sp³-hybridized carbons (Fsp3) is 0.800. The first-order valence-electron chi connectivity index (χ1n) is 7.06. The second-order valence-corrected chi connectivity index (χ2v) is 5.65. The number of hydrogen-bond acceptors (Lipinski definition) is 1. The summed E-state index contributed by atoms with van der Waals surface area (Å²) in [6.07, 6.45) is 3.45. The predicted molar refractivity (Wildman–Crippen MR) is 78.7 cm³/mol. The van der Waals surface area contributed by atoms with Crippen molar-refractivity contribution in [1.82, 2.24) is 10.2 Å². The first-order chi connectivity index (χ1) is 8.36. The van der Waals surface area contributed by atoms with E-state index in [1.165, 1.54) is 12.8 Å². The Morgan fingerprint density at radius 3 is 2.33 bits per heavy atom. The normalized spacial score (nSPS) is 12.3. The molecule has 0 heterocycles. The zero-order valence-electron chi connectivity index (χ0n) is 12.8. The zero-order chi connectivity index (χ0) is 14.1. The highest BCUT2D eigenvalue weighted by molar-refractivity contribution is 5.74. The minimum absolute atomic E-state index is 0.0255. The number of rotatable bonds is 8. The first-order valence-corrected chi connectivity index (χ1v) is 7.06. The average Bonchev–Trinajstić information content (AvgIpc) is 2.24. The first kappa shape index (κ1) is 17.0. The van der Waals surface area contributed by atoms with Crippen LogP contribution >= 0.6 is 0 Å². The van der Waals surface area contributed by atoms with Gasteiger partial charge in [-0.15, -0.1) is 0 Å². The van der Waals surface area contributed by atoms with E-state index < -0.39 is 0 Å². The molecule has 1 atom stereocenters. The van der Waals surface area contributed by atoms with Gasteiger partial charge in [0.05, 0.1) is 0 Å². The van der Waals surface area contributed by atoms with E-state index in [-0.39, 0.29) is 12.1 Å². The van der Waals surface area contributed by atoms with E-state index in [1.807, 2.05) is 13.8 Å². The molecule has 0 aromatic heterocycles. The maximum Gasteiger partial charge on any atom is 0.317 e. The third-order valence-electron chi connectivity index (χ3n) is 2.92. The van der Waals surface area contributed by atoms with Crippen LogP contribution in [0.25, 0.3) is 0 Å². The van der Waals surface area contributed by atoms with Crippen LogP contribution in [0.3, 0.4) is 0 Å². The smallest absolute Gasteiger partial charge is 0.317 e. The Balaban J connectivity index is 4.00. The SMILES string of the molecule is C=C(C)CN(CC)C(=O)NC(C)CCCC(C)C. The number of carbonyl (C=O) groups is 1. The van der Waals surface area contributed by atoms with Crippen molar-refractivity contribution in [3.05, 3.63) is 12.2 Å². The molecule has 0 saturated heterocycles.